The van der Waals surface area contributed by atoms with Crippen molar-refractivity contribution >= 4 is 11.7 Å². The lowest BCUT2D eigenvalue weighted by molar-refractivity contribution is 0.0508. The van der Waals surface area contributed by atoms with Gasteiger partial charge in [0.1, 0.15) is 5.75 Å². The minimum atomic E-state index is -0.432. The third-order valence-electron chi connectivity index (χ3n) is 4.20. The predicted octanol–water partition coefficient (Wildman–Crippen LogP) is 3.35. The van der Waals surface area contributed by atoms with Crippen LogP contribution in [-0.4, -0.2) is 42.8 Å². The van der Waals surface area contributed by atoms with Gasteiger partial charge in [0.2, 0.25) is 0 Å². The molecule has 5 heteroatoms. The van der Waals surface area contributed by atoms with Crippen molar-refractivity contribution in [3.8, 4) is 5.75 Å². The monoisotopic (exact) mass is 318 g/mol. The van der Waals surface area contributed by atoms with E-state index in [1.54, 1.807) is 24.3 Å². The summed E-state index contributed by atoms with van der Waals surface area (Å²) in [7, 11) is 2.10. The summed E-state index contributed by atoms with van der Waals surface area (Å²) in [5.74, 6) is 0.625. The largest absolute Gasteiger partial charge is 0.494 e. The predicted molar refractivity (Wildman–Crippen MR) is 91.0 cm³/mol. The number of oxime groups is 1. The molecule has 2 rings (SSSR count). The van der Waals surface area contributed by atoms with E-state index in [1.807, 2.05) is 0 Å². The first-order chi connectivity index (χ1) is 11.0. The third kappa shape index (κ3) is 4.79. The van der Waals surface area contributed by atoms with Crippen LogP contribution in [0.25, 0.3) is 0 Å². The van der Waals surface area contributed by atoms with Crippen LogP contribution in [-0.2, 0) is 4.84 Å². The van der Waals surface area contributed by atoms with Crippen LogP contribution in [0.2, 0.25) is 0 Å². The second-order valence-corrected chi connectivity index (χ2v) is 6.23. The van der Waals surface area contributed by atoms with E-state index >= 15 is 0 Å². The molecule has 1 fully saturated rings. The van der Waals surface area contributed by atoms with Gasteiger partial charge in [0.05, 0.1) is 17.9 Å². The van der Waals surface area contributed by atoms with E-state index in [0.717, 1.165) is 30.8 Å². The number of rotatable bonds is 5. The number of hydrogen-bond donors (Lipinski definition) is 0. The van der Waals surface area contributed by atoms with E-state index in [2.05, 4.69) is 37.9 Å². The van der Waals surface area contributed by atoms with Gasteiger partial charge in [0.15, 0.2) is 0 Å². The van der Waals surface area contributed by atoms with Crippen molar-refractivity contribution in [3.05, 3.63) is 29.8 Å². The van der Waals surface area contributed by atoms with E-state index < -0.39 is 5.97 Å². The summed E-state index contributed by atoms with van der Waals surface area (Å²) in [6.07, 6.45) is 1.78. The Morgan fingerprint density at radius 2 is 2.00 bits per heavy atom. The number of ether oxygens (including phenoxy) is 1. The fraction of sp³-hybridized carbons (Fsp3) is 0.556. The highest BCUT2D eigenvalue weighted by atomic mass is 16.7. The molecular weight excluding hydrogens is 292 g/mol. The lowest BCUT2D eigenvalue weighted by atomic mass is 9.93. The molecular formula is C18H26N2O3. The quantitative estimate of drug-likeness (QED) is 0.617. The van der Waals surface area contributed by atoms with Crippen LogP contribution in [0.4, 0.5) is 0 Å². The van der Waals surface area contributed by atoms with Gasteiger partial charge < -0.3 is 14.5 Å². The number of carbonyl (C=O) groups excluding carboxylic acids is 1. The topological polar surface area (TPSA) is 51.1 Å². The molecule has 23 heavy (non-hydrogen) atoms. The first-order valence-corrected chi connectivity index (χ1v) is 8.22. The molecule has 0 saturated carbocycles. The Bertz CT molecular complexity index is 554. The Morgan fingerprint density at radius 1 is 1.30 bits per heavy atom. The molecule has 0 spiro atoms. The van der Waals surface area contributed by atoms with Crippen molar-refractivity contribution in [2.45, 2.75) is 39.7 Å². The number of piperidine rings is 1. The van der Waals surface area contributed by atoms with Crippen molar-refractivity contribution in [3.63, 3.8) is 0 Å². The Labute approximate surface area is 138 Å². The molecule has 0 aromatic heterocycles. The number of benzene rings is 1. The summed E-state index contributed by atoms with van der Waals surface area (Å²) in [6.45, 7) is 7.91. The molecule has 1 heterocycles. The van der Waals surface area contributed by atoms with E-state index in [4.69, 9.17) is 9.57 Å². The van der Waals surface area contributed by atoms with Crippen molar-refractivity contribution in [1.29, 1.82) is 0 Å². The summed E-state index contributed by atoms with van der Waals surface area (Å²) < 4.78 is 5.50. The standard InChI is InChI=1S/C18H26N2O3/c1-5-10-22-16-8-6-15(7-9-16)18(21)23-19-17-11-14(3)20(4)12-13(17)2/h6-9,13-14H,5,10-12H2,1-4H3/b19-17+. The Balaban J connectivity index is 1.95. The summed E-state index contributed by atoms with van der Waals surface area (Å²) >= 11 is 0. The lowest BCUT2D eigenvalue weighted by Crippen LogP contribution is -2.43. The molecule has 1 aromatic rings. The van der Waals surface area contributed by atoms with E-state index in [0.29, 0.717) is 24.1 Å². The molecule has 126 valence electrons. The van der Waals surface area contributed by atoms with Crippen molar-refractivity contribution < 1.29 is 14.4 Å². The van der Waals surface area contributed by atoms with Crippen LogP contribution in [0.15, 0.2) is 29.4 Å². The van der Waals surface area contributed by atoms with Crippen molar-refractivity contribution in [2.75, 3.05) is 20.2 Å². The SMILES string of the molecule is CCCOc1ccc(C(=O)O/N=C2\CC(C)N(C)CC2C)cc1. The fourth-order valence-corrected chi connectivity index (χ4v) is 2.56. The first kappa shape index (κ1) is 17.5. The van der Waals surface area contributed by atoms with E-state index in [1.165, 1.54) is 0 Å². The number of carbonyl (C=O) groups is 1. The normalized spacial score (nSPS) is 23.7. The molecule has 2 atom stereocenters. The van der Waals surface area contributed by atoms with Crippen molar-refractivity contribution in [2.24, 2.45) is 11.1 Å². The summed E-state index contributed by atoms with van der Waals surface area (Å²) in [4.78, 5) is 19.5. The van der Waals surface area contributed by atoms with Gasteiger partial charge in [-0.2, -0.15) is 0 Å². The second kappa shape index (κ2) is 8.11. The van der Waals surface area contributed by atoms with Crippen LogP contribution >= 0.6 is 0 Å². The van der Waals surface area contributed by atoms with E-state index in [-0.39, 0.29) is 0 Å². The molecule has 0 bridgehead atoms. The molecule has 1 saturated heterocycles. The molecule has 2 unspecified atom stereocenters. The first-order valence-electron chi connectivity index (χ1n) is 8.22. The minimum Gasteiger partial charge on any atom is -0.494 e. The summed E-state index contributed by atoms with van der Waals surface area (Å²) in [5, 5.41) is 4.11. The molecule has 0 radical (unpaired) electrons. The Morgan fingerprint density at radius 3 is 2.65 bits per heavy atom. The molecule has 0 aliphatic carbocycles. The number of hydrogen-bond acceptors (Lipinski definition) is 5. The highest BCUT2D eigenvalue weighted by Crippen LogP contribution is 2.19. The van der Waals surface area contributed by atoms with Gasteiger partial charge in [-0.05, 0) is 44.7 Å². The van der Waals surface area contributed by atoms with Crippen LogP contribution in [0.1, 0.15) is 44.0 Å². The fourth-order valence-electron chi connectivity index (χ4n) is 2.56. The van der Waals surface area contributed by atoms with Gasteiger partial charge in [-0.25, -0.2) is 4.79 Å². The van der Waals surface area contributed by atoms with Crippen LogP contribution in [0.3, 0.4) is 0 Å². The van der Waals surface area contributed by atoms with Gasteiger partial charge >= 0.3 is 5.97 Å². The number of likely N-dealkylation sites (tertiary alicyclic amines) is 1. The average Bonchev–Trinajstić information content (AvgIpc) is 2.55. The third-order valence-corrected chi connectivity index (χ3v) is 4.20. The second-order valence-electron chi connectivity index (χ2n) is 6.23. The molecule has 1 aliphatic rings. The smallest absolute Gasteiger partial charge is 0.365 e. The maximum atomic E-state index is 12.1. The van der Waals surface area contributed by atoms with Crippen LogP contribution in [0, 0.1) is 5.92 Å². The molecule has 0 amide bonds. The molecule has 5 nitrogen and oxygen atoms in total. The maximum absolute atomic E-state index is 12.1. The maximum Gasteiger partial charge on any atom is 0.365 e. The lowest BCUT2D eigenvalue weighted by Gasteiger charge is -2.34. The van der Waals surface area contributed by atoms with Crippen LogP contribution < -0.4 is 4.74 Å². The van der Waals surface area contributed by atoms with Gasteiger partial charge in [0.25, 0.3) is 0 Å². The Kier molecular flexibility index (Phi) is 6.16. The minimum absolute atomic E-state index is 0.300. The van der Waals surface area contributed by atoms with Gasteiger partial charge in [-0.3, -0.25) is 0 Å². The zero-order valence-corrected chi connectivity index (χ0v) is 14.4. The Hall–Kier alpha value is -1.88. The van der Waals surface area contributed by atoms with Gasteiger partial charge in [0, 0.05) is 24.9 Å². The molecule has 0 N–H and O–H groups in total. The zero-order valence-electron chi connectivity index (χ0n) is 14.4. The van der Waals surface area contributed by atoms with Gasteiger partial charge in [-0.1, -0.05) is 19.0 Å². The summed E-state index contributed by atoms with van der Waals surface area (Å²) in [5.41, 5.74) is 1.43. The molecule has 1 aliphatic heterocycles. The zero-order chi connectivity index (χ0) is 16.8. The average molecular weight is 318 g/mol. The van der Waals surface area contributed by atoms with Crippen molar-refractivity contribution in [1.82, 2.24) is 4.90 Å². The van der Waals surface area contributed by atoms with Crippen LogP contribution in [0.5, 0.6) is 5.75 Å². The van der Waals surface area contributed by atoms with E-state index in [9.17, 15) is 4.79 Å². The van der Waals surface area contributed by atoms with Gasteiger partial charge in [-0.15, -0.1) is 0 Å². The summed E-state index contributed by atoms with van der Waals surface area (Å²) in [6, 6.07) is 7.38. The highest BCUT2D eigenvalue weighted by Gasteiger charge is 2.26. The highest BCUT2D eigenvalue weighted by molar-refractivity contribution is 5.92. The molecule has 1 aromatic carbocycles. The number of nitrogens with zero attached hydrogens (tertiary/aromatic N) is 2.